The molecular weight excluding hydrogens is 254 g/mol. The maximum Gasteiger partial charge on any atom is 0.161 e. The van der Waals surface area contributed by atoms with E-state index in [1.54, 1.807) is 14.2 Å². The molecule has 1 aliphatic heterocycles. The van der Waals surface area contributed by atoms with Gasteiger partial charge in [0.2, 0.25) is 0 Å². The molecule has 4 nitrogen and oxygen atoms in total. The van der Waals surface area contributed by atoms with E-state index in [1.165, 1.54) is 5.56 Å². The van der Waals surface area contributed by atoms with Gasteiger partial charge in [0.05, 0.1) is 20.8 Å². The van der Waals surface area contributed by atoms with Crippen LogP contribution in [0.3, 0.4) is 0 Å². The molecule has 0 spiro atoms. The molecule has 1 fully saturated rings. The van der Waals surface area contributed by atoms with Crippen molar-refractivity contribution in [3.05, 3.63) is 23.8 Å². The predicted molar refractivity (Wildman–Crippen MR) is 79.5 cm³/mol. The zero-order valence-corrected chi connectivity index (χ0v) is 12.6. The molecule has 0 saturated carbocycles. The van der Waals surface area contributed by atoms with Crippen molar-refractivity contribution in [1.82, 2.24) is 5.32 Å². The first-order valence-electron chi connectivity index (χ1n) is 7.33. The summed E-state index contributed by atoms with van der Waals surface area (Å²) in [7, 11) is 3.34. The Labute approximate surface area is 121 Å². The molecule has 20 heavy (non-hydrogen) atoms. The van der Waals surface area contributed by atoms with Crippen LogP contribution in [0.4, 0.5) is 0 Å². The van der Waals surface area contributed by atoms with Crippen molar-refractivity contribution < 1.29 is 14.2 Å². The van der Waals surface area contributed by atoms with E-state index < -0.39 is 0 Å². The summed E-state index contributed by atoms with van der Waals surface area (Å²) >= 11 is 0. The van der Waals surface area contributed by atoms with Gasteiger partial charge in [0.1, 0.15) is 0 Å². The van der Waals surface area contributed by atoms with Crippen LogP contribution in [-0.4, -0.2) is 34.0 Å². The van der Waals surface area contributed by atoms with E-state index in [0.717, 1.165) is 44.1 Å². The summed E-state index contributed by atoms with van der Waals surface area (Å²) in [6.45, 7) is 4.89. The highest BCUT2D eigenvalue weighted by Crippen LogP contribution is 2.34. The monoisotopic (exact) mass is 279 g/mol. The summed E-state index contributed by atoms with van der Waals surface area (Å²) in [6.07, 6.45) is 2.23. The largest absolute Gasteiger partial charge is 0.493 e. The van der Waals surface area contributed by atoms with Crippen molar-refractivity contribution in [3.63, 3.8) is 0 Å². The fraction of sp³-hybridized carbons (Fsp3) is 0.625. The second-order valence-corrected chi connectivity index (χ2v) is 5.17. The van der Waals surface area contributed by atoms with Gasteiger partial charge in [0, 0.05) is 18.6 Å². The normalized spacial score (nSPS) is 19.9. The third kappa shape index (κ3) is 3.44. The predicted octanol–water partition coefficient (Wildman–Crippen LogP) is 2.78. The fourth-order valence-electron chi connectivity index (χ4n) is 2.72. The Morgan fingerprint density at radius 2 is 2.10 bits per heavy atom. The number of methoxy groups -OCH3 is 2. The Morgan fingerprint density at radius 1 is 1.30 bits per heavy atom. The van der Waals surface area contributed by atoms with Crippen molar-refractivity contribution in [2.75, 3.05) is 34.0 Å². The molecule has 0 bridgehead atoms. The van der Waals surface area contributed by atoms with Gasteiger partial charge in [-0.25, -0.2) is 0 Å². The molecule has 0 amide bonds. The SMILES string of the molecule is CCCNC(c1ccc(OC)c(OC)c1)C1CCOC1. The molecular formula is C16H25NO3. The average molecular weight is 279 g/mol. The number of benzene rings is 1. The Bertz CT molecular complexity index is 416. The van der Waals surface area contributed by atoms with Crippen LogP contribution in [0.25, 0.3) is 0 Å². The third-order valence-corrected chi connectivity index (χ3v) is 3.82. The lowest BCUT2D eigenvalue weighted by atomic mass is 9.92. The van der Waals surface area contributed by atoms with Gasteiger partial charge in [-0.05, 0) is 37.1 Å². The highest BCUT2D eigenvalue weighted by molar-refractivity contribution is 5.44. The second kappa shape index (κ2) is 7.50. The number of hydrogen-bond donors (Lipinski definition) is 1. The Hall–Kier alpha value is -1.26. The van der Waals surface area contributed by atoms with E-state index >= 15 is 0 Å². The summed E-state index contributed by atoms with van der Waals surface area (Å²) in [5, 5.41) is 3.64. The van der Waals surface area contributed by atoms with Crippen LogP contribution < -0.4 is 14.8 Å². The van der Waals surface area contributed by atoms with Crippen molar-refractivity contribution >= 4 is 0 Å². The van der Waals surface area contributed by atoms with E-state index in [-0.39, 0.29) is 0 Å². The standard InChI is InChI=1S/C16H25NO3/c1-4-8-17-16(13-7-9-20-11-13)12-5-6-14(18-2)15(10-12)19-3/h5-6,10,13,16-17H,4,7-9,11H2,1-3H3. The van der Waals surface area contributed by atoms with Crippen LogP contribution in [0.1, 0.15) is 31.4 Å². The number of nitrogens with one attached hydrogen (secondary N) is 1. The van der Waals surface area contributed by atoms with Crippen LogP contribution in [0, 0.1) is 5.92 Å². The quantitative estimate of drug-likeness (QED) is 0.833. The summed E-state index contributed by atoms with van der Waals surface area (Å²) in [6, 6.07) is 6.49. The Balaban J connectivity index is 2.22. The lowest BCUT2D eigenvalue weighted by molar-refractivity contribution is 0.176. The molecule has 1 aromatic rings. The molecule has 112 valence electrons. The number of rotatable bonds is 7. The van der Waals surface area contributed by atoms with Crippen LogP contribution >= 0.6 is 0 Å². The zero-order chi connectivity index (χ0) is 14.4. The molecule has 1 aliphatic rings. The van der Waals surface area contributed by atoms with Gasteiger partial charge in [-0.1, -0.05) is 13.0 Å². The minimum Gasteiger partial charge on any atom is -0.493 e. The van der Waals surface area contributed by atoms with Crippen molar-refractivity contribution in [2.24, 2.45) is 5.92 Å². The molecule has 4 heteroatoms. The first kappa shape index (κ1) is 15.1. The fourth-order valence-corrected chi connectivity index (χ4v) is 2.72. The summed E-state index contributed by atoms with van der Waals surface area (Å²) in [5.41, 5.74) is 1.24. The average Bonchev–Trinajstić information content (AvgIpc) is 3.01. The van der Waals surface area contributed by atoms with E-state index in [2.05, 4.69) is 24.4 Å². The van der Waals surface area contributed by atoms with Gasteiger partial charge in [-0.15, -0.1) is 0 Å². The molecule has 1 saturated heterocycles. The van der Waals surface area contributed by atoms with Crippen LogP contribution in [0.15, 0.2) is 18.2 Å². The minimum atomic E-state index is 0.317. The molecule has 1 heterocycles. The first-order chi connectivity index (χ1) is 9.80. The van der Waals surface area contributed by atoms with E-state index in [1.807, 2.05) is 6.07 Å². The second-order valence-electron chi connectivity index (χ2n) is 5.17. The molecule has 0 aliphatic carbocycles. The molecule has 1 N–H and O–H groups in total. The third-order valence-electron chi connectivity index (χ3n) is 3.82. The lowest BCUT2D eigenvalue weighted by Crippen LogP contribution is -2.29. The highest BCUT2D eigenvalue weighted by atomic mass is 16.5. The first-order valence-corrected chi connectivity index (χ1v) is 7.33. The topological polar surface area (TPSA) is 39.7 Å². The maximum atomic E-state index is 5.55. The Morgan fingerprint density at radius 3 is 2.70 bits per heavy atom. The number of ether oxygens (including phenoxy) is 3. The van der Waals surface area contributed by atoms with Gasteiger partial charge in [0.25, 0.3) is 0 Å². The molecule has 2 atom stereocenters. The van der Waals surface area contributed by atoms with Crippen LogP contribution in [0.5, 0.6) is 11.5 Å². The summed E-state index contributed by atoms with van der Waals surface area (Å²) in [4.78, 5) is 0. The van der Waals surface area contributed by atoms with Crippen LogP contribution in [0.2, 0.25) is 0 Å². The van der Waals surface area contributed by atoms with Gasteiger partial charge < -0.3 is 19.5 Å². The molecule has 0 radical (unpaired) electrons. The lowest BCUT2D eigenvalue weighted by Gasteiger charge is -2.25. The summed E-state index contributed by atoms with van der Waals surface area (Å²) < 4.78 is 16.3. The van der Waals surface area contributed by atoms with Gasteiger partial charge >= 0.3 is 0 Å². The molecule has 2 unspecified atom stereocenters. The minimum absolute atomic E-state index is 0.317. The van der Waals surface area contributed by atoms with Crippen molar-refractivity contribution in [2.45, 2.75) is 25.8 Å². The van der Waals surface area contributed by atoms with E-state index in [4.69, 9.17) is 14.2 Å². The van der Waals surface area contributed by atoms with Crippen molar-refractivity contribution in [3.8, 4) is 11.5 Å². The van der Waals surface area contributed by atoms with Crippen molar-refractivity contribution in [1.29, 1.82) is 0 Å². The van der Waals surface area contributed by atoms with E-state index in [0.29, 0.717) is 12.0 Å². The number of hydrogen-bond acceptors (Lipinski definition) is 4. The zero-order valence-electron chi connectivity index (χ0n) is 12.6. The molecule has 1 aromatic carbocycles. The highest BCUT2D eigenvalue weighted by Gasteiger charge is 2.27. The Kier molecular flexibility index (Phi) is 5.68. The van der Waals surface area contributed by atoms with Gasteiger partial charge in [-0.2, -0.15) is 0 Å². The smallest absolute Gasteiger partial charge is 0.161 e. The molecule has 2 rings (SSSR count). The van der Waals surface area contributed by atoms with E-state index in [9.17, 15) is 0 Å². The maximum absolute atomic E-state index is 5.55. The van der Waals surface area contributed by atoms with Gasteiger partial charge in [0.15, 0.2) is 11.5 Å². The van der Waals surface area contributed by atoms with Gasteiger partial charge in [-0.3, -0.25) is 0 Å². The summed E-state index contributed by atoms with van der Waals surface area (Å²) in [5.74, 6) is 2.08. The van der Waals surface area contributed by atoms with Crippen LogP contribution in [-0.2, 0) is 4.74 Å². The molecule has 0 aromatic heterocycles.